The van der Waals surface area contributed by atoms with Crippen molar-refractivity contribution in [2.75, 3.05) is 23.9 Å². The monoisotopic (exact) mass is 248 g/mol. The van der Waals surface area contributed by atoms with Crippen molar-refractivity contribution in [3.05, 3.63) is 24.3 Å². The number of ether oxygens (including phenoxy) is 1. The van der Waals surface area contributed by atoms with E-state index in [1.165, 1.54) is 7.11 Å². The Morgan fingerprint density at radius 2 is 2.22 bits per heavy atom. The van der Waals surface area contributed by atoms with Crippen LogP contribution >= 0.6 is 0 Å². The average molecular weight is 248 g/mol. The van der Waals surface area contributed by atoms with Gasteiger partial charge in [0.2, 0.25) is 5.91 Å². The normalized spacial score (nSPS) is 18.9. The number of hydrogen-bond donors (Lipinski definition) is 1. The lowest BCUT2D eigenvalue weighted by Crippen LogP contribution is -2.41. The second-order valence-electron chi connectivity index (χ2n) is 4.32. The maximum absolute atomic E-state index is 12.1. The van der Waals surface area contributed by atoms with E-state index in [4.69, 9.17) is 4.74 Å². The van der Waals surface area contributed by atoms with Crippen LogP contribution in [0.3, 0.4) is 0 Å². The van der Waals surface area contributed by atoms with Crippen molar-refractivity contribution in [3.8, 4) is 0 Å². The van der Waals surface area contributed by atoms with E-state index in [-0.39, 0.29) is 30.9 Å². The topological polar surface area (TPSA) is 58.6 Å². The van der Waals surface area contributed by atoms with Gasteiger partial charge < -0.3 is 15.0 Å². The first-order valence-corrected chi connectivity index (χ1v) is 5.83. The molecule has 0 fully saturated rings. The van der Waals surface area contributed by atoms with Crippen LogP contribution in [0, 0.1) is 0 Å². The molecule has 2 amide bonds. The first-order valence-electron chi connectivity index (χ1n) is 5.83. The highest BCUT2D eigenvalue weighted by atomic mass is 16.5. The van der Waals surface area contributed by atoms with Crippen LogP contribution in [0.4, 0.5) is 11.4 Å². The molecule has 5 heteroatoms. The molecule has 96 valence electrons. The molecule has 18 heavy (non-hydrogen) atoms. The molecule has 1 unspecified atom stereocenters. The summed E-state index contributed by atoms with van der Waals surface area (Å²) in [4.78, 5) is 25.4. The number of carbonyl (C=O) groups excluding carboxylic acids is 2. The van der Waals surface area contributed by atoms with Gasteiger partial charge in [0.1, 0.15) is 6.61 Å². The van der Waals surface area contributed by atoms with Gasteiger partial charge in [-0.05, 0) is 19.1 Å². The molecule has 1 aromatic carbocycles. The van der Waals surface area contributed by atoms with Gasteiger partial charge in [-0.1, -0.05) is 12.1 Å². The Balaban J connectivity index is 2.43. The van der Waals surface area contributed by atoms with Crippen molar-refractivity contribution in [1.82, 2.24) is 0 Å². The van der Waals surface area contributed by atoms with Crippen LogP contribution in [0.2, 0.25) is 0 Å². The summed E-state index contributed by atoms with van der Waals surface area (Å²) < 4.78 is 4.89. The zero-order valence-corrected chi connectivity index (χ0v) is 10.5. The second kappa shape index (κ2) is 5.18. The lowest BCUT2D eigenvalue weighted by Gasteiger charge is -2.27. The maximum Gasteiger partial charge on any atom is 0.253 e. The van der Waals surface area contributed by atoms with Crippen molar-refractivity contribution in [2.45, 2.75) is 19.4 Å². The molecule has 0 saturated carbocycles. The number of rotatable bonds is 2. The van der Waals surface area contributed by atoms with Crippen LogP contribution in [-0.2, 0) is 14.3 Å². The minimum atomic E-state index is -0.184. The Kier molecular flexibility index (Phi) is 3.62. The molecule has 0 spiro atoms. The van der Waals surface area contributed by atoms with Gasteiger partial charge in [0.05, 0.1) is 11.4 Å². The fourth-order valence-corrected chi connectivity index (χ4v) is 2.16. The molecule has 0 aliphatic carbocycles. The minimum absolute atomic E-state index is 0.00681. The van der Waals surface area contributed by atoms with Crippen LogP contribution in [0.1, 0.15) is 13.3 Å². The van der Waals surface area contributed by atoms with E-state index in [1.54, 1.807) is 11.0 Å². The van der Waals surface area contributed by atoms with Gasteiger partial charge in [0.25, 0.3) is 5.91 Å². The van der Waals surface area contributed by atoms with E-state index in [0.717, 1.165) is 5.69 Å². The van der Waals surface area contributed by atoms with Crippen LogP contribution in [0.5, 0.6) is 0 Å². The number of carbonyl (C=O) groups is 2. The van der Waals surface area contributed by atoms with Crippen LogP contribution < -0.4 is 10.2 Å². The highest BCUT2D eigenvalue weighted by Gasteiger charge is 2.29. The summed E-state index contributed by atoms with van der Waals surface area (Å²) in [7, 11) is 1.48. The molecule has 1 aliphatic rings. The fraction of sp³-hybridized carbons (Fsp3) is 0.385. The number of anilines is 2. The highest BCUT2D eigenvalue weighted by molar-refractivity contribution is 6.04. The number of para-hydroxylation sites is 2. The Labute approximate surface area is 106 Å². The molecule has 1 aromatic rings. The number of methoxy groups -OCH3 is 1. The van der Waals surface area contributed by atoms with Gasteiger partial charge in [-0.25, -0.2) is 0 Å². The molecule has 1 atom stereocenters. The number of amides is 2. The summed E-state index contributed by atoms with van der Waals surface area (Å²) >= 11 is 0. The van der Waals surface area contributed by atoms with E-state index in [1.807, 2.05) is 25.1 Å². The molecular formula is C13H16N2O3. The summed E-state index contributed by atoms with van der Waals surface area (Å²) in [5.74, 6) is -0.225. The predicted molar refractivity (Wildman–Crippen MR) is 68.5 cm³/mol. The summed E-state index contributed by atoms with van der Waals surface area (Å²) in [6, 6.07) is 7.10. The molecule has 2 rings (SSSR count). The van der Waals surface area contributed by atoms with Crippen molar-refractivity contribution in [1.29, 1.82) is 0 Å². The van der Waals surface area contributed by atoms with Crippen LogP contribution in [-0.4, -0.2) is 31.6 Å². The molecule has 0 saturated heterocycles. The Morgan fingerprint density at radius 3 is 2.94 bits per heavy atom. The van der Waals surface area contributed by atoms with Gasteiger partial charge in [0, 0.05) is 19.6 Å². The zero-order valence-electron chi connectivity index (χ0n) is 10.5. The smallest absolute Gasteiger partial charge is 0.253 e. The Morgan fingerprint density at radius 1 is 1.50 bits per heavy atom. The number of nitrogens with one attached hydrogen (secondary N) is 1. The third-order valence-electron chi connectivity index (χ3n) is 2.90. The summed E-state index contributed by atoms with van der Waals surface area (Å²) in [5.41, 5.74) is 1.38. The van der Waals surface area contributed by atoms with Crippen molar-refractivity contribution in [2.24, 2.45) is 0 Å². The Hall–Kier alpha value is -1.88. The third-order valence-corrected chi connectivity index (χ3v) is 2.90. The van der Waals surface area contributed by atoms with E-state index in [0.29, 0.717) is 5.69 Å². The highest BCUT2D eigenvalue weighted by Crippen LogP contribution is 2.31. The lowest BCUT2D eigenvalue weighted by molar-refractivity contribution is -0.122. The SMILES string of the molecule is COCC(=O)N1c2ccccc2NC(=O)CC1C. The third kappa shape index (κ3) is 2.36. The second-order valence-corrected chi connectivity index (χ2v) is 4.32. The largest absolute Gasteiger partial charge is 0.375 e. The number of nitrogens with zero attached hydrogens (tertiary/aromatic N) is 1. The molecule has 1 N–H and O–H groups in total. The van der Waals surface area contributed by atoms with Crippen LogP contribution in [0.25, 0.3) is 0 Å². The van der Waals surface area contributed by atoms with Crippen molar-refractivity contribution < 1.29 is 14.3 Å². The van der Waals surface area contributed by atoms with Crippen molar-refractivity contribution in [3.63, 3.8) is 0 Å². The molecular weight excluding hydrogens is 232 g/mol. The lowest BCUT2D eigenvalue weighted by atomic mass is 10.1. The summed E-state index contributed by atoms with van der Waals surface area (Å²) in [5, 5.41) is 2.81. The molecule has 1 heterocycles. The molecule has 0 bridgehead atoms. The standard InChI is InChI=1S/C13H16N2O3/c1-9-7-12(16)14-10-5-3-4-6-11(10)15(9)13(17)8-18-2/h3-6,9H,7-8H2,1-2H3,(H,14,16). The Bertz CT molecular complexity index is 473. The fourth-order valence-electron chi connectivity index (χ4n) is 2.16. The number of fused-ring (bicyclic) bond motifs is 1. The minimum Gasteiger partial charge on any atom is -0.375 e. The van der Waals surface area contributed by atoms with E-state index in [2.05, 4.69) is 5.32 Å². The average Bonchev–Trinajstić information content (AvgIpc) is 2.43. The molecule has 0 radical (unpaired) electrons. The van der Waals surface area contributed by atoms with Gasteiger partial charge >= 0.3 is 0 Å². The van der Waals surface area contributed by atoms with E-state index < -0.39 is 0 Å². The molecule has 5 nitrogen and oxygen atoms in total. The molecule has 1 aliphatic heterocycles. The predicted octanol–water partition coefficient (Wildman–Crippen LogP) is 1.40. The number of benzene rings is 1. The van der Waals surface area contributed by atoms with Crippen molar-refractivity contribution >= 4 is 23.2 Å². The van der Waals surface area contributed by atoms with Gasteiger partial charge in [0.15, 0.2) is 0 Å². The van der Waals surface area contributed by atoms with Gasteiger partial charge in [-0.15, -0.1) is 0 Å². The number of hydrogen-bond acceptors (Lipinski definition) is 3. The first-order chi connectivity index (χ1) is 8.63. The molecule has 0 aromatic heterocycles. The van der Waals surface area contributed by atoms with Gasteiger partial charge in [-0.3, -0.25) is 9.59 Å². The zero-order chi connectivity index (χ0) is 13.1. The summed E-state index contributed by atoms with van der Waals surface area (Å²) in [6.07, 6.45) is 0.282. The van der Waals surface area contributed by atoms with Gasteiger partial charge in [-0.2, -0.15) is 0 Å². The van der Waals surface area contributed by atoms with E-state index in [9.17, 15) is 9.59 Å². The van der Waals surface area contributed by atoms with Crippen LogP contribution in [0.15, 0.2) is 24.3 Å². The maximum atomic E-state index is 12.1. The quantitative estimate of drug-likeness (QED) is 0.860. The summed E-state index contributed by atoms with van der Waals surface area (Å²) in [6.45, 7) is 1.86. The van der Waals surface area contributed by atoms with E-state index >= 15 is 0 Å². The first kappa shape index (κ1) is 12.6.